The van der Waals surface area contributed by atoms with Crippen LogP contribution in [-0.2, 0) is 17.6 Å². The molecule has 1 aliphatic rings. The third kappa shape index (κ3) is 3.44. The summed E-state index contributed by atoms with van der Waals surface area (Å²) in [6.45, 7) is 0.844. The lowest BCUT2D eigenvalue weighted by molar-refractivity contribution is -0.385. The van der Waals surface area contributed by atoms with Crippen LogP contribution in [-0.4, -0.2) is 17.4 Å². The summed E-state index contributed by atoms with van der Waals surface area (Å²) < 4.78 is 0. The van der Waals surface area contributed by atoms with E-state index in [1.165, 1.54) is 11.6 Å². The Morgan fingerprint density at radius 2 is 1.64 bits per heavy atom. The van der Waals surface area contributed by atoms with Gasteiger partial charge in [0.15, 0.2) is 0 Å². The Bertz CT molecular complexity index is 1050. The number of nitrogens with one attached hydrogen (secondary N) is 1. The molecule has 28 heavy (non-hydrogen) atoms. The van der Waals surface area contributed by atoms with E-state index in [1.54, 1.807) is 18.2 Å². The van der Waals surface area contributed by atoms with Crippen molar-refractivity contribution < 1.29 is 9.72 Å². The molecule has 1 heterocycles. The summed E-state index contributed by atoms with van der Waals surface area (Å²) in [6.07, 6.45) is 0.900. The van der Waals surface area contributed by atoms with E-state index in [2.05, 4.69) is 22.3 Å². The number of anilines is 3. The van der Waals surface area contributed by atoms with Crippen LogP contribution in [0.2, 0.25) is 0 Å². The maximum absolute atomic E-state index is 12.6. The van der Waals surface area contributed by atoms with Crippen molar-refractivity contribution >= 4 is 28.7 Å². The number of benzene rings is 3. The van der Waals surface area contributed by atoms with Gasteiger partial charge in [0.25, 0.3) is 5.69 Å². The average Bonchev–Trinajstić information content (AvgIpc) is 3.12. The molecular weight excluding hydrogens is 354 g/mol. The number of fused-ring (bicyclic) bond motifs is 1. The molecule has 3 aromatic rings. The van der Waals surface area contributed by atoms with Crippen molar-refractivity contribution in [3.8, 4) is 0 Å². The number of hydrogen-bond donors (Lipinski definition) is 1. The number of nitro benzene ring substituents is 1. The predicted molar refractivity (Wildman–Crippen MR) is 109 cm³/mol. The van der Waals surface area contributed by atoms with Crippen molar-refractivity contribution in [1.29, 1.82) is 0 Å². The Morgan fingerprint density at radius 3 is 2.46 bits per heavy atom. The van der Waals surface area contributed by atoms with Gasteiger partial charge in [0, 0.05) is 23.9 Å². The minimum atomic E-state index is -0.461. The molecule has 0 saturated carbocycles. The number of rotatable bonds is 5. The Labute approximate surface area is 162 Å². The summed E-state index contributed by atoms with van der Waals surface area (Å²) in [5.74, 6) is -0.283. The first-order valence-corrected chi connectivity index (χ1v) is 9.10. The predicted octanol–water partition coefficient (Wildman–Crippen LogP) is 4.47. The molecule has 4 rings (SSSR count). The summed E-state index contributed by atoms with van der Waals surface area (Å²) >= 11 is 0. The topological polar surface area (TPSA) is 75.5 Å². The Balaban J connectivity index is 1.57. The van der Waals surface area contributed by atoms with Crippen molar-refractivity contribution in [2.75, 3.05) is 16.8 Å². The van der Waals surface area contributed by atoms with E-state index in [0.717, 1.165) is 24.3 Å². The molecule has 0 aromatic heterocycles. The quantitative estimate of drug-likeness (QED) is 0.529. The van der Waals surface area contributed by atoms with Crippen LogP contribution in [0.25, 0.3) is 0 Å². The van der Waals surface area contributed by atoms with Crippen molar-refractivity contribution in [2.24, 2.45) is 0 Å². The number of hydrogen-bond acceptors (Lipinski definition) is 4. The van der Waals surface area contributed by atoms with Gasteiger partial charge in [-0.15, -0.1) is 0 Å². The SMILES string of the molecule is O=C(Cc1ccccc1[N+](=O)[O-])Nc1ccccc1N1CCc2ccccc21. The first-order valence-electron chi connectivity index (χ1n) is 9.10. The molecule has 0 atom stereocenters. The lowest BCUT2D eigenvalue weighted by Crippen LogP contribution is -2.19. The van der Waals surface area contributed by atoms with Gasteiger partial charge >= 0.3 is 0 Å². The number of carbonyl (C=O) groups excluding carboxylic acids is 1. The van der Waals surface area contributed by atoms with Crippen LogP contribution in [0.5, 0.6) is 0 Å². The van der Waals surface area contributed by atoms with Gasteiger partial charge in [-0.1, -0.05) is 48.5 Å². The second-order valence-corrected chi connectivity index (χ2v) is 6.66. The fourth-order valence-corrected chi connectivity index (χ4v) is 3.61. The minimum absolute atomic E-state index is 0.0422. The van der Waals surface area contributed by atoms with Crippen LogP contribution >= 0.6 is 0 Å². The number of para-hydroxylation sites is 4. The molecule has 1 N–H and O–H groups in total. The number of nitrogens with zero attached hydrogens (tertiary/aromatic N) is 2. The third-order valence-electron chi connectivity index (χ3n) is 4.90. The summed E-state index contributed by atoms with van der Waals surface area (Å²) in [5.41, 5.74) is 4.39. The molecular formula is C22H19N3O3. The van der Waals surface area contributed by atoms with Crippen molar-refractivity contribution in [2.45, 2.75) is 12.8 Å². The molecule has 0 radical (unpaired) electrons. The summed E-state index contributed by atoms with van der Waals surface area (Å²) in [5, 5.41) is 14.1. The first kappa shape index (κ1) is 17.7. The van der Waals surface area contributed by atoms with Gasteiger partial charge in [0.2, 0.25) is 5.91 Å². The van der Waals surface area contributed by atoms with Crippen molar-refractivity contribution in [1.82, 2.24) is 0 Å². The van der Waals surface area contributed by atoms with E-state index < -0.39 is 4.92 Å². The summed E-state index contributed by atoms with van der Waals surface area (Å²) in [4.78, 5) is 25.5. The Morgan fingerprint density at radius 1 is 0.964 bits per heavy atom. The summed E-state index contributed by atoms with van der Waals surface area (Å²) in [6, 6.07) is 22.2. The second kappa shape index (κ2) is 7.52. The fraction of sp³-hybridized carbons (Fsp3) is 0.136. The smallest absolute Gasteiger partial charge is 0.273 e. The van der Waals surface area contributed by atoms with Gasteiger partial charge in [-0.3, -0.25) is 14.9 Å². The zero-order valence-corrected chi connectivity index (χ0v) is 15.2. The molecule has 6 nitrogen and oxygen atoms in total. The van der Waals surface area contributed by atoms with Crippen LogP contribution in [0.15, 0.2) is 72.8 Å². The van der Waals surface area contributed by atoms with Gasteiger partial charge in [0.1, 0.15) is 0 Å². The molecule has 0 unspecified atom stereocenters. The Kier molecular flexibility index (Phi) is 4.76. The highest BCUT2D eigenvalue weighted by Gasteiger charge is 2.23. The van der Waals surface area contributed by atoms with E-state index in [0.29, 0.717) is 11.3 Å². The lowest BCUT2D eigenvalue weighted by atomic mass is 10.1. The van der Waals surface area contributed by atoms with Gasteiger partial charge in [-0.25, -0.2) is 0 Å². The maximum Gasteiger partial charge on any atom is 0.273 e. The first-order chi connectivity index (χ1) is 13.6. The van der Waals surface area contributed by atoms with Gasteiger partial charge in [-0.2, -0.15) is 0 Å². The largest absolute Gasteiger partial charge is 0.339 e. The molecule has 1 amide bonds. The van der Waals surface area contributed by atoms with Crippen molar-refractivity contribution in [3.63, 3.8) is 0 Å². The van der Waals surface area contributed by atoms with E-state index >= 15 is 0 Å². The van der Waals surface area contributed by atoms with Crippen molar-refractivity contribution in [3.05, 3.63) is 94.0 Å². The second-order valence-electron chi connectivity index (χ2n) is 6.66. The zero-order valence-electron chi connectivity index (χ0n) is 15.2. The van der Waals surface area contributed by atoms with Crippen LogP contribution in [0.1, 0.15) is 11.1 Å². The number of amides is 1. The highest BCUT2D eigenvalue weighted by Crippen LogP contribution is 2.38. The molecule has 0 spiro atoms. The molecule has 1 aliphatic heterocycles. The lowest BCUT2D eigenvalue weighted by Gasteiger charge is -2.23. The molecule has 0 saturated heterocycles. The monoisotopic (exact) mass is 373 g/mol. The average molecular weight is 373 g/mol. The highest BCUT2D eigenvalue weighted by molar-refractivity contribution is 5.97. The molecule has 0 fully saturated rings. The molecule has 0 bridgehead atoms. The zero-order chi connectivity index (χ0) is 19.5. The molecule has 140 valence electrons. The minimum Gasteiger partial charge on any atom is -0.339 e. The van der Waals surface area contributed by atoms with Crippen LogP contribution < -0.4 is 10.2 Å². The van der Waals surface area contributed by atoms with E-state index in [9.17, 15) is 14.9 Å². The molecule has 3 aromatic carbocycles. The van der Waals surface area contributed by atoms with E-state index in [1.807, 2.05) is 36.4 Å². The summed E-state index contributed by atoms with van der Waals surface area (Å²) in [7, 11) is 0. The van der Waals surface area contributed by atoms with Crippen LogP contribution in [0, 0.1) is 10.1 Å². The van der Waals surface area contributed by atoms with Gasteiger partial charge < -0.3 is 10.2 Å². The molecule has 0 aliphatic carbocycles. The van der Waals surface area contributed by atoms with Gasteiger partial charge in [0.05, 0.1) is 22.7 Å². The normalized spacial score (nSPS) is 12.5. The third-order valence-corrected chi connectivity index (χ3v) is 4.90. The van der Waals surface area contributed by atoms with Crippen LogP contribution in [0.4, 0.5) is 22.7 Å². The van der Waals surface area contributed by atoms with Gasteiger partial charge in [-0.05, 0) is 30.2 Å². The van der Waals surface area contributed by atoms with E-state index in [-0.39, 0.29) is 18.0 Å². The number of carbonyl (C=O) groups is 1. The highest BCUT2D eigenvalue weighted by atomic mass is 16.6. The molecule has 6 heteroatoms. The van der Waals surface area contributed by atoms with E-state index in [4.69, 9.17) is 0 Å². The fourth-order valence-electron chi connectivity index (χ4n) is 3.61. The standard InChI is InChI=1S/C22H19N3O3/c26-22(15-17-8-2-5-11-20(17)25(27)28)23-18-9-3-6-12-21(18)24-14-13-16-7-1-4-10-19(16)24/h1-12H,13-15H2,(H,23,26). The number of nitro groups is 1. The maximum atomic E-state index is 12.6. The Hall–Kier alpha value is -3.67. The van der Waals surface area contributed by atoms with Crippen LogP contribution in [0.3, 0.4) is 0 Å².